The summed E-state index contributed by atoms with van der Waals surface area (Å²) in [6.45, 7) is 14.7. The first kappa shape index (κ1) is 33.6. The molecule has 0 aliphatic heterocycles. The third kappa shape index (κ3) is 12.6. The molecular formula is C18H36F6N2O4S2. The van der Waals surface area contributed by atoms with Crippen LogP contribution in [0.3, 0.4) is 0 Å². The van der Waals surface area contributed by atoms with Gasteiger partial charge in [-0.05, 0) is 33.6 Å². The van der Waals surface area contributed by atoms with E-state index in [9.17, 15) is 43.2 Å². The van der Waals surface area contributed by atoms with Crippen LogP contribution in [0.5, 0.6) is 0 Å². The first-order chi connectivity index (χ1) is 14.4. The minimum absolute atomic E-state index is 0.778. The fourth-order valence-corrected chi connectivity index (χ4v) is 4.65. The average molecular weight is 523 g/mol. The van der Waals surface area contributed by atoms with E-state index in [1.807, 2.05) is 0 Å². The monoisotopic (exact) mass is 522 g/mol. The Morgan fingerprint density at radius 1 is 0.594 bits per heavy atom. The van der Waals surface area contributed by atoms with E-state index in [2.05, 4.69) is 27.7 Å². The zero-order valence-electron chi connectivity index (χ0n) is 19.1. The summed E-state index contributed by atoms with van der Waals surface area (Å²) in [5.74, 6) is 0. The third-order valence-corrected chi connectivity index (χ3v) is 8.02. The van der Waals surface area contributed by atoms with E-state index in [0.717, 1.165) is 4.13 Å². The Bertz CT molecular complexity index is 654. The van der Waals surface area contributed by atoms with Crippen LogP contribution in [0, 0.1) is 0 Å². The summed E-state index contributed by atoms with van der Waals surface area (Å²) >= 11 is 0. The van der Waals surface area contributed by atoms with Crippen molar-refractivity contribution < 1.29 is 47.7 Å². The van der Waals surface area contributed by atoms with Crippen LogP contribution in [0.1, 0.15) is 79.1 Å². The van der Waals surface area contributed by atoms with Gasteiger partial charge in [0.25, 0.3) is 0 Å². The maximum Gasteiger partial charge on any atom is 0.480 e. The highest BCUT2D eigenvalue weighted by Crippen LogP contribution is 2.36. The van der Waals surface area contributed by atoms with Gasteiger partial charge in [-0.2, -0.15) is 26.3 Å². The van der Waals surface area contributed by atoms with Gasteiger partial charge in [-0.15, -0.1) is 0 Å². The van der Waals surface area contributed by atoms with Crippen LogP contribution in [-0.4, -0.2) is 58.5 Å². The molecule has 0 aromatic rings. The number of sulfonamides is 2. The normalized spacial score (nSPS) is 13.6. The van der Waals surface area contributed by atoms with Gasteiger partial charge in [0, 0.05) is 0 Å². The Balaban J connectivity index is 0. The lowest BCUT2D eigenvalue weighted by Crippen LogP contribution is -2.48. The predicted octanol–water partition coefficient (Wildman–Crippen LogP) is 6.06. The number of unbranched alkanes of at least 4 members (excludes halogenated alkanes) is 7. The predicted molar refractivity (Wildman–Crippen MR) is 113 cm³/mol. The maximum absolute atomic E-state index is 11.4. The SMILES string of the molecule is CCCCCCCCCC[N+](CC)(CC)CC.O=S(=O)([N-]S(=O)(=O)C(F)(F)F)C(F)(F)F. The van der Waals surface area contributed by atoms with Gasteiger partial charge in [0.15, 0.2) is 20.0 Å². The first-order valence-corrected chi connectivity index (χ1v) is 13.5. The minimum atomic E-state index is -6.72. The van der Waals surface area contributed by atoms with Gasteiger partial charge in [0.2, 0.25) is 0 Å². The first-order valence-electron chi connectivity index (χ1n) is 10.7. The van der Waals surface area contributed by atoms with Gasteiger partial charge < -0.3 is 8.61 Å². The van der Waals surface area contributed by atoms with Crippen LogP contribution in [0.4, 0.5) is 26.3 Å². The van der Waals surface area contributed by atoms with Crippen molar-refractivity contribution in [1.29, 1.82) is 0 Å². The molecule has 0 fully saturated rings. The molecule has 0 amide bonds. The lowest BCUT2D eigenvalue weighted by Gasteiger charge is -2.35. The molecule has 196 valence electrons. The topological polar surface area (TPSA) is 82.4 Å². The molecule has 0 aromatic carbocycles. The van der Waals surface area contributed by atoms with Crippen molar-refractivity contribution in [3.8, 4) is 0 Å². The molecule has 0 N–H and O–H groups in total. The van der Waals surface area contributed by atoms with E-state index < -0.39 is 31.1 Å². The fourth-order valence-electron chi connectivity index (χ4n) is 2.94. The van der Waals surface area contributed by atoms with Gasteiger partial charge in [-0.1, -0.05) is 45.4 Å². The van der Waals surface area contributed by atoms with E-state index in [1.54, 1.807) is 0 Å². The number of hydrogen-bond acceptors (Lipinski definition) is 4. The van der Waals surface area contributed by atoms with Crippen molar-refractivity contribution in [2.75, 3.05) is 26.2 Å². The summed E-state index contributed by atoms with van der Waals surface area (Å²) in [4.78, 5) is 0. The van der Waals surface area contributed by atoms with Gasteiger partial charge in [0.1, 0.15) is 0 Å². The standard InChI is InChI=1S/C16H36N.C2F6NO4S2/c1-5-9-10-11-12-13-14-15-16-17(6-2,7-3)8-4;3-1(4,5)14(10,11)9-15(12,13)2(6,7)8/h5-16H2,1-4H3;/q+1;-1. The molecule has 0 unspecified atom stereocenters. The van der Waals surface area contributed by atoms with Crippen molar-refractivity contribution in [1.82, 2.24) is 0 Å². The largest absolute Gasteiger partial charge is 0.480 e. The zero-order valence-corrected chi connectivity index (χ0v) is 20.7. The molecule has 32 heavy (non-hydrogen) atoms. The molecule has 14 heteroatoms. The number of halogens is 6. The molecule has 0 heterocycles. The van der Waals surface area contributed by atoms with E-state index in [0.29, 0.717) is 0 Å². The molecule has 0 rings (SSSR count). The molecule has 0 radical (unpaired) electrons. The molecule has 0 saturated heterocycles. The average Bonchev–Trinajstić information content (AvgIpc) is 2.65. The zero-order chi connectivity index (χ0) is 25.7. The maximum atomic E-state index is 11.4. The molecule has 0 aliphatic carbocycles. The van der Waals surface area contributed by atoms with Crippen LogP contribution in [0.15, 0.2) is 0 Å². The number of quaternary nitrogens is 1. The van der Waals surface area contributed by atoms with Crippen molar-refractivity contribution in [2.24, 2.45) is 0 Å². The number of alkyl halides is 6. The van der Waals surface area contributed by atoms with E-state index >= 15 is 0 Å². The van der Waals surface area contributed by atoms with Crippen molar-refractivity contribution in [3.05, 3.63) is 4.13 Å². The van der Waals surface area contributed by atoms with Crippen LogP contribution in [0.2, 0.25) is 0 Å². The second-order valence-corrected chi connectivity index (χ2v) is 10.8. The summed E-state index contributed by atoms with van der Waals surface area (Å²) < 4.78 is 111. The molecule has 0 atom stereocenters. The van der Waals surface area contributed by atoms with Gasteiger partial charge >= 0.3 is 11.0 Å². The van der Waals surface area contributed by atoms with Crippen LogP contribution in [-0.2, 0) is 20.0 Å². The Labute approximate surface area is 188 Å². The highest BCUT2D eigenvalue weighted by atomic mass is 32.3. The summed E-state index contributed by atoms with van der Waals surface area (Å²) in [6.07, 6.45) is 11.5. The molecule has 0 bridgehead atoms. The van der Waals surface area contributed by atoms with E-state index in [-0.39, 0.29) is 0 Å². The van der Waals surface area contributed by atoms with Crippen LogP contribution >= 0.6 is 0 Å². The molecule has 0 aliphatic rings. The molecule has 0 spiro atoms. The van der Waals surface area contributed by atoms with Crippen molar-refractivity contribution >= 4 is 20.0 Å². The summed E-state index contributed by atoms with van der Waals surface area (Å²) in [5, 5.41) is 0. The van der Waals surface area contributed by atoms with Gasteiger partial charge in [0.05, 0.1) is 26.2 Å². The van der Waals surface area contributed by atoms with Gasteiger partial charge in [-0.3, -0.25) is 0 Å². The quantitative estimate of drug-likeness (QED) is 0.158. The fraction of sp³-hybridized carbons (Fsp3) is 1.00. The molecule has 0 aromatic heterocycles. The smallest absolute Gasteiger partial charge is 0.421 e. The Kier molecular flexibility index (Phi) is 15.3. The van der Waals surface area contributed by atoms with Crippen LogP contribution < -0.4 is 0 Å². The van der Waals surface area contributed by atoms with E-state index in [1.165, 1.54) is 82.0 Å². The molecule has 6 nitrogen and oxygen atoms in total. The number of rotatable bonds is 14. The molecule has 0 saturated carbocycles. The lowest BCUT2D eigenvalue weighted by molar-refractivity contribution is -0.923. The summed E-state index contributed by atoms with van der Waals surface area (Å²) in [5.41, 5.74) is -12.4. The summed E-state index contributed by atoms with van der Waals surface area (Å²) in [6, 6.07) is 0. The van der Waals surface area contributed by atoms with Crippen molar-refractivity contribution in [3.63, 3.8) is 0 Å². The highest BCUT2D eigenvalue weighted by molar-refractivity contribution is 8.13. The van der Waals surface area contributed by atoms with E-state index in [4.69, 9.17) is 0 Å². The van der Waals surface area contributed by atoms with Crippen molar-refractivity contribution in [2.45, 2.75) is 90.1 Å². The number of nitrogens with zero attached hydrogens (tertiary/aromatic N) is 2. The Morgan fingerprint density at radius 2 is 0.906 bits per heavy atom. The van der Waals surface area contributed by atoms with Crippen LogP contribution in [0.25, 0.3) is 4.13 Å². The highest BCUT2D eigenvalue weighted by Gasteiger charge is 2.46. The minimum Gasteiger partial charge on any atom is -0.421 e. The Hall–Kier alpha value is -0.600. The number of hydrogen-bond donors (Lipinski definition) is 0. The second kappa shape index (κ2) is 14.6. The molecular weight excluding hydrogens is 486 g/mol. The summed E-state index contributed by atoms with van der Waals surface area (Å²) in [7, 11) is -13.4. The third-order valence-electron chi connectivity index (χ3n) is 5.28. The van der Waals surface area contributed by atoms with Gasteiger partial charge in [-0.25, -0.2) is 16.8 Å². The second-order valence-electron chi connectivity index (χ2n) is 7.40. The lowest BCUT2D eigenvalue weighted by atomic mass is 10.1. The Morgan fingerprint density at radius 3 is 1.19 bits per heavy atom.